The molecule has 5 aromatic rings. The number of fused-ring (bicyclic) bond motifs is 1. The number of tetrazole rings is 2. The van der Waals surface area contributed by atoms with E-state index >= 15 is 0 Å². The molecule has 30 nitrogen and oxygen atoms in total. The van der Waals surface area contributed by atoms with Gasteiger partial charge in [0.15, 0.2) is 29.0 Å². The molecule has 11 heterocycles. The first-order valence-corrected chi connectivity index (χ1v) is 34.2. The number of cyclic esters (lactones) is 1. The van der Waals surface area contributed by atoms with Crippen molar-refractivity contribution in [2.45, 2.75) is 155 Å². The molecule has 3 amide bonds. The maximum atomic E-state index is 13.4. The number of benzene rings is 1. The standard InChI is InChI=1S/C25H30N2O6.C22H28N8O3.C21H26N8O3/c1-15-17(3-4-18-19(15)14-32-23(18)30)22(29)13-26-9-7-25(8-10-26)24(31)27(11-12-33-25)20-5-6-21(28)16(20)2;1-15-17(4-5-18(15)31)29-12-9-22(21(29)33)7-2-10-28(11-8-22)13-19(32)16-3-6-20(25-24-16)30-14-23-26-27-30;1-14-16(3-4-17(14)30)28-11-8-21(20(28)32)6-9-27(10-7-21)12-18(31)15-2-5-19(24-23-15)29-13-22-25-26-29/h3-4,22,29H,5-14H2,1-2H3;3,6,14,19,32H,2,4-5,7-13H2,1H3;2,5,13,18,31H,3-4,6-12H2,1H3/t22-;;/m0../s1. The molecule has 6 saturated heterocycles. The Kier molecular flexibility index (Phi) is 19.6. The minimum absolute atomic E-state index is 0.0304. The Morgan fingerprint density at radius 3 is 1.38 bits per heavy atom. The van der Waals surface area contributed by atoms with Gasteiger partial charge in [0.25, 0.3) is 5.91 Å². The zero-order chi connectivity index (χ0) is 68.6. The third kappa shape index (κ3) is 13.4. The molecule has 7 aliphatic heterocycles. The van der Waals surface area contributed by atoms with Crippen LogP contribution in [-0.2, 0) is 44.8 Å². The lowest BCUT2D eigenvalue weighted by molar-refractivity contribution is -0.177. The number of rotatable bonds is 14. The van der Waals surface area contributed by atoms with E-state index in [2.05, 4.69) is 66.1 Å². The van der Waals surface area contributed by atoms with E-state index in [1.165, 1.54) is 22.0 Å². The highest BCUT2D eigenvalue weighted by Crippen LogP contribution is 2.47. The second-order valence-electron chi connectivity index (χ2n) is 27.6. The zero-order valence-corrected chi connectivity index (χ0v) is 55.9. The lowest BCUT2D eigenvalue weighted by Gasteiger charge is -2.46. The number of likely N-dealkylation sites (tertiary alicyclic amines) is 5. The lowest BCUT2D eigenvalue weighted by Crippen LogP contribution is -2.60. The number of aliphatic hydroxyl groups is 3. The molecule has 3 unspecified atom stereocenters. The van der Waals surface area contributed by atoms with Crippen LogP contribution in [0, 0.1) is 17.8 Å². The predicted octanol–water partition coefficient (Wildman–Crippen LogP) is 3.29. The number of esters is 1. The van der Waals surface area contributed by atoms with Crippen LogP contribution in [0.25, 0.3) is 11.6 Å². The maximum absolute atomic E-state index is 13.4. The summed E-state index contributed by atoms with van der Waals surface area (Å²) in [6, 6.07) is 10.4. The van der Waals surface area contributed by atoms with E-state index < -0.39 is 23.9 Å². The molecule has 3 aliphatic carbocycles. The lowest BCUT2D eigenvalue weighted by atomic mass is 9.77. The van der Waals surface area contributed by atoms with E-state index in [4.69, 9.17) is 9.47 Å². The van der Waals surface area contributed by atoms with Crippen LogP contribution in [0.2, 0.25) is 0 Å². The SMILES string of the molecule is CC1=C(N2CCC3(CCCN(CC(O)c4ccc(-n5cnnn5)nn4)CC3)C2=O)CCC1=O.CC1=C(N2CCC3(CCN(CC(O)c4ccc(-n5cnnn5)nn4)CC3)C2=O)CCC1=O.CC1=C(N2CCOC3(CCN(C[C@H](O)c4ccc5c(c4C)COC5=O)CC3)C2=O)CCC1=O. The van der Waals surface area contributed by atoms with Gasteiger partial charge in [-0.15, -0.1) is 20.4 Å². The summed E-state index contributed by atoms with van der Waals surface area (Å²) in [5, 5.41) is 70.5. The second-order valence-corrected chi connectivity index (χ2v) is 27.6. The molecule has 10 aliphatic rings. The van der Waals surface area contributed by atoms with Crippen LogP contribution in [0.5, 0.6) is 0 Å². The summed E-state index contributed by atoms with van der Waals surface area (Å²) in [6.45, 7) is 15.7. The molecule has 0 radical (unpaired) electrons. The molecule has 518 valence electrons. The van der Waals surface area contributed by atoms with Gasteiger partial charge in [0.1, 0.15) is 37.1 Å². The summed E-state index contributed by atoms with van der Waals surface area (Å²) >= 11 is 0. The predicted molar refractivity (Wildman–Crippen MR) is 345 cm³/mol. The van der Waals surface area contributed by atoms with Crippen LogP contribution < -0.4 is 0 Å². The van der Waals surface area contributed by atoms with Crippen molar-refractivity contribution in [1.29, 1.82) is 0 Å². The first kappa shape index (κ1) is 67.9. The van der Waals surface area contributed by atoms with Crippen LogP contribution in [0.3, 0.4) is 0 Å². The summed E-state index contributed by atoms with van der Waals surface area (Å²) in [5.74, 6) is 1.41. The number of morpholine rings is 1. The van der Waals surface area contributed by atoms with Crippen molar-refractivity contribution < 1.29 is 58.4 Å². The number of carbonyl (C=O) groups is 7. The zero-order valence-electron chi connectivity index (χ0n) is 55.9. The number of β-amino-alcohol motifs (C(OH)–C–C–N with tert-alkyl or cyclic N) is 3. The molecular weight excluding hydrogens is 1260 g/mol. The summed E-state index contributed by atoms with van der Waals surface area (Å²) in [4.78, 5) is 99.8. The van der Waals surface area contributed by atoms with Gasteiger partial charge >= 0.3 is 5.97 Å². The fourth-order valence-corrected chi connectivity index (χ4v) is 16.0. The number of ether oxygens (including phenoxy) is 2. The van der Waals surface area contributed by atoms with Gasteiger partial charge in [-0.3, -0.25) is 28.8 Å². The van der Waals surface area contributed by atoms with Gasteiger partial charge in [0.2, 0.25) is 11.8 Å². The van der Waals surface area contributed by atoms with Crippen molar-refractivity contribution >= 4 is 41.0 Å². The molecule has 4 aromatic heterocycles. The van der Waals surface area contributed by atoms with E-state index in [-0.39, 0.29) is 58.5 Å². The number of hydrogen-bond donors (Lipinski definition) is 3. The molecule has 3 N–H and O–H groups in total. The van der Waals surface area contributed by atoms with Crippen LogP contribution in [0.15, 0.2) is 82.9 Å². The quantitative estimate of drug-likeness (QED) is 0.134. The van der Waals surface area contributed by atoms with Gasteiger partial charge in [0.05, 0.1) is 40.5 Å². The number of aromatic nitrogens is 12. The van der Waals surface area contributed by atoms with Crippen LogP contribution >= 0.6 is 0 Å². The van der Waals surface area contributed by atoms with Crippen LogP contribution in [0.1, 0.15) is 174 Å². The highest BCUT2D eigenvalue weighted by Gasteiger charge is 2.52. The number of piperidine rings is 2. The summed E-state index contributed by atoms with van der Waals surface area (Å²) < 4.78 is 14.0. The Bertz CT molecular complexity index is 3970. The number of allylic oxidation sites excluding steroid dienone is 6. The number of Topliss-reactive ketones (excluding diaryl/α,β-unsaturated/α-hetero) is 3. The van der Waals surface area contributed by atoms with Crippen molar-refractivity contribution in [3.8, 4) is 11.6 Å². The fourth-order valence-electron chi connectivity index (χ4n) is 16.0. The highest BCUT2D eigenvalue weighted by molar-refractivity contribution is 6.01. The van der Waals surface area contributed by atoms with Gasteiger partial charge in [-0.25, -0.2) is 4.79 Å². The summed E-state index contributed by atoms with van der Waals surface area (Å²) in [7, 11) is 0. The van der Waals surface area contributed by atoms with Gasteiger partial charge < -0.3 is 54.2 Å². The number of carbonyl (C=O) groups excluding carboxylic acids is 7. The Balaban J connectivity index is 0.000000132. The van der Waals surface area contributed by atoms with Gasteiger partial charge in [0, 0.05) is 111 Å². The first-order chi connectivity index (χ1) is 47.2. The average molecular weight is 1350 g/mol. The first-order valence-electron chi connectivity index (χ1n) is 34.2. The number of aliphatic hydroxyl groups excluding tert-OH is 3. The number of nitrogens with zero attached hydrogens (tertiary/aromatic N) is 18. The van der Waals surface area contributed by atoms with E-state index in [1.54, 1.807) is 41.3 Å². The van der Waals surface area contributed by atoms with E-state index in [0.29, 0.717) is 144 Å². The Labute approximate surface area is 566 Å². The fraction of sp³-hybridized carbons (Fsp3) is 0.574. The molecule has 1 aromatic carbocycles. The van der Waals surface area contributed by atoms with E-state index in [9.17, 15) is 48.9 Å². The molecule has 6 fully saturated rings. The molecule has 98 heavy (non-hydrogen) atoms. The third-order valence-electron chi connectivity index (χ3n) is 22.2. The van der Waals surface area contributed by atoms with Crippen LogP contribution in [0.4, 0.5) is 0 Å². The van der Waals surface area contributed by atoms with Crippen LogP contribution in [-0.4, -0.2) is 237 Å². The van der Waals surface area contributed by atoms with Crippen molar-refractivity contribution in [3.05, 3.63) is 117 Å². The molecule has 0 bridgehead atoms. The molecular formula is C68H84N18O12. The monoisotopic (exact) mass is 1340 g/mol. The Morgan fingerprint density at radius 2 is 0.929 bits per heavy atom. The van der Waals surface area contributed by atoms with E-state index in [0.717, 1.165) is 116 Å². The number of ketones is 3. The average Bonchev–Trinajstić information content (AvgIpc) is 1.52. The number of hydrogen-bond acceptors (Lipinski definition) is 25. The van der Waals surface area contributed by atoms with E-state index in [1.807, 2.05) is 37.5 Å². The third-order valence-corrected chi connectivity index (χ3v) is 22.2. The second kappa shape index (κ2) is 28.3. The number of amides is 3. The molecule has 4 atom stereocenters. The maximum Gasteiger partial charge on any atom is 0.338 e. The van der Waals surface area contributed by atoms with Crippen molar-refractivity contribution in [2.24, 2.45) is 10.8 Å². The molecule has 30 heteroatoms. The highest BCUT2D eigenvalue weighted by atomic mass is 16.5. The van der Waals surface area contributed by atoms with Gasteiger partial charge in [-0.2, -0.15) is 19.6 Å². The summed E-state index contributed by atoms with van der Waals surface area (Å²) in [6.07, 6.45) is 10.9. The minimum atomic E-state index is -0.847. The Morgan fingerprint density at radius 1 is 0.480 bits per heavy atom. The molecule has 3 spiro atoms. The van der Waals surface area contributed by atoms with Gasteiger partial charge in [-0.05, 0) is 193 Å². The Hall–Kier alpha value is -8.65. The largest absolute Gasteiger partial charge is 0.457 e. The van der Waals surface area contributed by atoms with Gasteiger partial charge in [-0.1, -0.05) is 6.07 Å². The molecule has 0 saturated carbocycles. The normalized spacial score (nSPS) is 23.9. The smallest absolute Gasteiger partial charge is 0.338 e. The molecule has 15 rings (SSSR count). The van der Waals surface area contributed by atoms with Crippen molar-refractivity contribution in [2.75, 3.05) is 85.1 Å². The van der Waals surface area contributed by atoms with Crippen molar-refractivity contribution in [1.82, 2.24) is 90.2 Å². The topological polar surface area (TPSA) is 357 Å². The minimum Gasteiger partial charge on any atom is -0.457 e. The summed E-state index contributed by atoms with van der Waals surface area (Å²) in [5.41, 5.74) is 7.50. The van der Waals surface area contributed by atoms with Crippen molar-refractivity contribution in [3.63, 3.8) is 0 Å².